The zero-order valence-corrected chi connectivity index (χ0v) is 18.1. The summed E-state index contributed by atoms with van der Waals surface area (Å²) >= 11 is 0. The summed E-state index contributed by atoms with van der Waals surface area (Å²) in [4.78, 5) is 12.8. The molecule has 174 valence electrons. The number of hydrogen-bond donors (Lipinski definition) is 6. The van der Waals surface area contributed by atoms with Gasteiger partial charge in [0.25, 0.3) is 0 Å². The van der Waals surface area contributed by atoms with Crippen molar-refractivity contribution >= 4 is 5.78 Å². The number of carbonyl (C=O) groups is 1. The summed E-state index contributed by atoms with van der Waals surface area (Å²) < 4.78 is 11.6. The Kier molecular flexibility index (Phi) is 6.43. The second-order valence-corrected chi connectivity index (χ2v) is 10.3. The molecule has 0 aromatic rings. The summed E-state index contributed by atoms with van der Waals surface area (Å²) in [5.74, 6) is -0.985. The third kappa shape index (κ3) is 3.95. The van der Waals surface area contributed by atoms with E-state index in [0.29, 0.717) is 19.3 Å². The average Bonchev–Trinajstić information content (AvgIpc) is 2.64. The van der Waals surface area contributed by atoms with E-state index in [4.69, 9.17) is 9.47 Å². The lowest BCUT2D eigenvalue weighted by molar-refractivity contribution is -0.352. The molecule has 6 N–H and O–H groups in total. The summed E-state index contributed by atoms with van der Waals surface area (Å²) in [7, 11) is 0. The van der Waals surface area contributed by atoms with Crippen LogP contribution in [0.25, 0.3) is 0 Å². The molecule has 0 radical (unpaired) electrons. The Hall–Kier alpha value is -0.650. The number of rotatable bonds is 4. The molecule has 0 spiro atoms. The largest absolute Gasteiger partial charge is 0.394 e. The normalized spacial score (nSPS) is 50.3. The molecule has 2 aliphatic carbocycles. The highest BCUT2D eigenvalue weighted by atomic mass is 16.7. The topological polar surface area (TPSA) is 157 Å². The number of carbonyl (C=O) groups excluding carboxylic acids is 1. The quantitative estimate of drug-likeness (QED) is 0.331. The Bertz CT molecular complexity index is 647. The van der Waals surface area contributed by atoms with E-state index in [2.05, 4.69) is 0 Å². The minimum atomic E-state index is -1.59. The number of ether oxygens (including phenoxy) is 2. The van der Waals surface area contributed by atoms with Crippen LogP contribution in [0.5, 0.6) is 0 Å². The van der Waals surface area contributed by atoms with Crippen LogP contribution in [0.3, 0.4) is 0 Å². The molecule has 9 heteroatoms. The molecule has 9 nitrogen and oxygen atoms in total. The van der Waals surface area contributed by atoms with Crippen LogP contribution in [0, 0.1) is 17.3 Å². The van der Waals surface area contributed by atoms with Crippen LogP contribution < -0.4 is 0 Å². The minimum Gasteiger partial charge on any atom is -0.394 e. The second-order valence-electron chi connectivity index (χ2n) is 10.3. The summed E-state index contributed by atoms with van der Waals surface area (Å²) in [5.41, 5.74) is -2.95. The van der Waals surface area contributed by atoms with Gasteiger partial charge in [-0.15, -0.1) is 0 Å². The summed E-state index contributed by atoms with van der Waals surface area (Å²) in [5, 5.41) is 61.4. The number of aliphatic hydroxyl groups excluding tert-OH is 5. The van der Waals surface area contributed by atoms with E-state index in [9.17, 15) is 35.4 Å². The first kappa shape index (κ1) is 24.0. The number of aliphatic hydroxyl groups is 6. The van der Waals surface area contributed by atoms with Gasteiger partial charge >= 0.3 is 0 Å². The zero-order valence-electron chi connectivity index (χ0n) is 18.1. The Morgan fingerprint density at radius 1 is 1.13 bits per heavy atom. The fourth-order valence-electron chi connectivity index (χ4n) is 5.73. The fourth-order valence-corrected chi connectivity index (χ4v) is 5.73. The predicted octanol–water partition coefficient (Wildman–Crippen LogP) is -0.911. The molecular weight excluding hydrogens is 396 g/mol. The van der Waals surface area contributed by atoms with Crippen molar-refractivity contribution in [3.63, 3.8) is 0 Å². The monoisotopic (exact) mass is 432 g/mol. The first-order valence-electron chi connectivity index (χ1n) is 10.7. The highest BCUT2D eigenvalue weighted by Gasteiger charge is 2.61. The molecule has 10 unspecified atom stereocenters. The highest BCUT2D eigenvalue weighted by molar-refractivity contribution is 5.83. The van der Waals surface area contributed by atoms with Gasteiger partial charge in [-0.05, 0) is 51.4 Å². The molecule has 3 rings (SSSR count). The van der Waals surface area contributed by atoms with Crippen molar-refractivity contribution in [3.8, 4) is 0 Å². The van der Waals surface area contributed by atoms with Crippen molar-refractivity contribution in [2.24, 2.45) is 17.3 Å². The third-order valence-corrected chi connectivity index (χ3v) is 7.69. The molecule has 30 heavy (non-hydrogen) atoms. The summed E-state index contributed by atoms with van der Waals surface area (Å²) in [6.45, 7) is 6.26. The standard InChI is InChI=1S/C21H36O9/c1-19(2,28)10-7-13-20(3,8-11(10)23)6-5-14(24)21(13,4)30-18-17(27)16(26)15(25)12(9-22)29-18/h10,12-18,22,24-28H,5-9H2,1-4H3. The Morgan fingerprint density at radius 3 is 2.33 bits per heavy atom. The van der Waals surface area contributed by atoms with Crippen LogP contribution >= 0.6 is 0 Å². The summed E-state index contributed by atoms with van der Waals surface area (Å²) in [6.07, 6.45) is -6.61. The first-order valence-corrected chi connectivity index (χ1v) is 10.7. The van der Waals surface area contributed by atoms with Crippen LogP contribution in [-0.4, -0.2) is 91.0 Å². The van der Waals surface area contributed by atoms with E-state index in [1.54, 1.807) is 20.8 Å². The van der Waals surface area contributed by atoms with E-state index >= 15 is 0 Å². The van der Waals surface area contributed by atoms with Gasteiger partial charge in [0.15, 0.2) is 6.29 Å². The molecule has 10 atom stereocenters. The molecule has 3 fully saturated rings. The average molecular weight is 433 g/mol. The van der Waals surface area contributed by atoms with Crippen molar-refractivity contribution in [2.75, 3.05) is 6.61 Å². The van der Waals surface area contributed by atoms with E-state index < -0.39 is 66.0 Å². The zero-order chi connectivity index (χ0) is 22.6. The van der Waals surface area contributed by atoms with Crippen LogP contribution in [-0.2, 0) is 14.3 Å². The maximum absolute atomic E-state index is 12.8. The third-order valence-electron chi connectivity index (χ3n) is 7.69. The van der Waals surface area contributed by atoms with Gasteiger partial charge < -0.3 is 40.1 Å². The molecule has 0 amide bonds. The van der Waals surface area contributed by atoms with Gasteiger partial charge in [0, 0.05) is 12.3 Å². The van der Waals surface area contributed by atoms with Crippen molar-refractivity contribution in [3.05, 3.63) is 0 Å². The number of Topliss-reactive ketones (excluding diaryl/α,β-unsaturated/α-hetero) is 1. The molecule has 0 aromatic heterocycles. The van der Waals surface area contributed by atoms with E-state index in [1.165, 1.54) is 0 Å². The Balaban J connectivity index is 1.92. The maximum atomic E-state index is 12.8. The predicted molar refractivity (Wildman–Crippen MR) is 104 cm³/mol. The van der Waals surface area contributed by atoms with Gasteiger partial charge in [-0.1, -0.05) is 6.92 Å². The fraction of sp³-hybridized carbons (Fsp3) is 0.952. The van der Waals surface area contributed by atoms with Crippen molar-refractivity contribution in [1.29, 1.82) is 0 Å². The van der Waals surface area contributed by atoms with Gasteiger partial charge in [0.2, 0.25) is 0 Å². The molecule has 2 saturated carbocycles. The van der Waals surface area contributed by atoms with Crippen molar-refractivity contribution < 1.29 is 44.9 Å². The first-order chi connectivity index (χ1) is 13.7. The number of ketones is 1. The van der Waals surface area contributed by atoms with Gasteiger partial charge in [0.1, 0.15) is 30.2 Å². The van der Waals surface area contributed by atoms with Crippen LogP contribution in [0.2, 0.25) is 0 Å². The second kappa shape index (κ2) is 8.04. The smallest absolute Gasteiger partial charge is 0.187 e. The number of hydrogen-bond acceptors (Lipinski definition) is 9. The lowest BCUT2D eigenvalue weighted by atomic mass is 9.51. The van der Waals surface area contributed by atoms with Gasteiger partial charge in [-0.25, -0.2) is 0 Å². The van der Waals surface area contributed by atoms with Gasteiger partial charge in [0.05, 0.1) is 23.9 Å². The minimum absolute atomic E-state index is 0.0205. The van der Waals surface area contributed by atoms with Crippen LogP contribution in [0.1, 0.15) is 53.4 Å². The van der Waals surface area contributed by atoms with Crippen LogP contribution in [0.4, 0.5) is 0 Å². The van der Waals surface area contributed by atoms with Crippen molar-refractivity contribution in [2.45, 2.75) is 101 Å². The van der Waals surface area contributed by atoms with Crippen molar-refractivity contribution in [1.82, 2.24) is 0 Å². The molecule has 0 aromatic carbocycles. The molecule has 0 bridgehead atoms. The Labute approximate surface area is 176 Å². The molecular formula is C21H36O9. The number of fused-ring (bicyclic) bond motifs is 1. The van der Waals surface area contributed by atoms with Crippen LogP contribution in [0.15, 0.2) is 0 Å². The molecule has 3 aliphatic rings. The van der Waals surface area contributed by atoms with E-state index in [0.717, 1.165) is 0 Å². The highest BCUT2D eigenvalue weighted by Crippen LogP contribution is 2.57. The molecule has 1 aliphatic heterocycles. The van der Waals surface area contributed by atoms with Gasteiger partial charge in [-0.2, -0.15) is 0 Å². The van der Waals surface area contributed by atoms with E-state index in [-0.39, 0.29) is 18.1 Å². The maximum Gasteiger partial charge on any atom is 0.187 e. The molecule has 1 saturated heterocycles. The lowest BCUT2D eigenvalue weighted by Gasteiger charge is -2.59. The SMILES string of the molecule is CC(C)(O)C1CC2C(C)(CCC(O)C2(C)OC2OC(CO)C(O)C(O)C2O)CC1=O. The summed E-state index contributed by atoms with van der Waals surface area (Å²) in [6, 6.07) is 0. The lowest BCUT2D eigenvalue weighted by Crippen LogP contribution is -2.66. The van der Waals surface area contributed by atoms with E-state index in [1.807, 2.05) is 6.92 Å². The van der Waals surface area contributed by atoms with Gasteiger partial charge in [-0.3, -0.25) is 4.79 Å². The molecule has 1 heterocycles. The Morgan fingerprint density at radius 2 is 1.77 bits per heavy atom.